The van der Waals surface area contributed by atoms with Crippen molar-refractivity contribution in [3.63, 3.8) is 0 Å². The lowest BCUT2D eigenvalue weighted by atomic mass is 10.1. The molecule has 1 aliphatic rings. The van der Waals surface area contributed by atoms with Crippen LogP contribution in [0.1, 0.15) is 18.9 Å². The van der Waals surface area contributed by atoms with E-state index in [0.29, 0.717) is 13.0 Å². The van der Waals surface area contributed by atoms with Gasteiger partial charge in [-0.05, 0) is 44.0 Å². The second-order valence-electron chi connectivity index (χ2n) is 5.00. The molecule has 0 radical (unpaired) electrons. The molecule has 100 valence electrons. The molecular formula is C12H16BrNO3S. The molecule has 1 atom stereocenters. The largest absolute Gasteiger partial charge is 0.389 e. The van der Waals surface area contributed by atoms with Crippen molar-refractivity contribution in [1.82, 2.24) is 4.31 Å². The SMILES string of the molecule is Cc1cc(S(=O)(=O)N2CCC(C)(O)C2)ccc1Br. The smallest absolute Gasteiger partial charge is 0.243 e. The molecule has 1 aromatic carbocycles. The number of aliphatic hydroxyl groups is 1. The highest BCUT2D eigenvalue weighted by Crippen LogP contribution is 2.28. The van der Waals surface area contributed by atoms with Crippen molar-refractivity contribution in [2.24, 2.45) is 0 Å². The molecule has 1 fully saturated rings. The Kier molecular flexibility index (Phi) is 3.57. The Morgan fingerprint density at radius 1 is 1.44 bits per heavy atom. The number of hydrogen-bond acceptors (Lipinski definition) is 3. The summed E-state index contributed by atoms with van der Waals surface area (Å²) in [6.07, 6.45) is 0.474. The molecule has 0 saturated carbocycles. The minimum Gasteiger partial charge on any atom is -0.389 e. The van der Waals surface area contributed by atoms with Crippen molar-refractivity contribution in [2.75, 3.05) is 13.1 Å². The van der Waals surface area contributed by atoms with Crippen LogP contribution in [0.4, 0.5) is 0 Å². The van der Waals surface area contributed by atoms with Gasteiger partial charge in [-0.1, -0.05) is 15.9 Å². The normalized spacial score (nSPS) is 25.6. The summed E-state index contributed by atoms with van der Waals surface area (Å²) in [6, 6.07) is 4.96. The van der Waals surface area contributed by atoms with E-state index in [4.69, 9.17) is 0 Å². The Balaban J connectivity index is 2.34. The molecule has 0 bridgehead atoms. The molecule has 1 N–H and O–H groups in total. The van der Waals surface area contributed by atoms with Crippen LogP contribution in [0.25, 0.3) is 0 Å². The molecule has 0 amide bonds. The summed E-state index contributed by atoms with van der Waals surface area (Å²) in [6.45, 7) is 4.04. The molecule has 1 heterocycles. The number of sulfonamides is 1. The van der Waals surface area contributed by atoms with Crippen LogP contribution in [0.15, 0.2) is 27.6 Å². The summed E-state index contributed by atoms with van der Waals surface area (Å²) in [5.74, 6) is 0. The van der Waals surface area contributed by atoms with E-state index in [1.807, 2.05) is 6.92 Å². The van der Waals surface area contributed by atoms with Gasteiger partial charge in [-0.3, -0.25) is 0 Å². The van der Waals surface area contributed by atoms with E-state index in [-0.39, 0.29) is 11.4 Å². The van der Waals surface area contributed by atoms with Gasteiger partial charge in [0.2, 0.25) is 10.0 Å². The third-order valence-electron chi connectivity index (χ3n) is 3.18. The maximum atomic E-state index is 12.4. The van der Waals surface area contributed by atoms with Gasteiger partial charge in [0.15, 0.2) is 0 Å². The first-order valence-corrected chi connectivity index (χ1v) is 7.94. The lowest BCUT2D eigenvalue weighted by Crippen LogP contribution is -2.33. The zero-order valence-electron chi connectivity index (χ0n) is 10.4. The molecule has 18 heavy (non-hydrogen) atoms. The van der Waals surface area contributed by atoms with Gasteiger partial charge >= 0.3 is 0 Å². The predicted molar refractivity (Wildman–Crippen MR) is 72.9 cm³/mol. The number of β-amino-alcohol motifs (C(OH)–C–C–N with tert-alkyl or cyclic N) is 1. The summed E-state index contributed by atoms with van der Waals surface area (Å²) >= 11 is 3.35. The molecule has 0 spiro atoms. The van der Waals surface area contributed by atoms with Gasteiger partial charge in [-0.2, -0.15) is 4.31 Å². The van der Waals surface area contributed by atoms with Gasteiger partial charge < -0.3 is 5.11 Å². The molecule has 2 rings (SSSR count). The van der Waals surface area contributed by atoms with E-state index in [2.05, 4.69) is 15.9 Å². The first-order chi connectivity index (χ1) is 8.22. The van der Waals surface area contributed by atoms with E-state index >= 15 is 0 Å². The molecule has 1 unspecified atom stereocenters. The Hall–Kier alpha value is -0.430. The lowest BCUT2D eigenvalue weighted by molar-refractivity contribution is 0.0762. The molecule has 1 saturated heterocycles. The summed E-state index contributed by atoms with van der Waals surface area (Å²) < 4.78 is 27.0. The topological polar surface area (TPSA) is 57.6 Å². The Morgan fingerprint density at radius 3 is 2.61 bits per heavy atom. The zero-order valence-corrected chi connectivity index (χ0v) is 12.8. The molecule has 6 heteroatoms. The van der Waals surface area contributed by atoms with E-state index in [9.17, 15) is 13.5 Å². The number of hydrogen-bond donors (Lipinski definition) is 1. The third kappa shape index (κ3) is 2.61. The Bertz CT molecular complexity index is 569. The van der Waals surface area contributed by atoms with Crippen molar-refractivity contribution >= 4 is 26.0 Å². The first-order valence-electron chi connectivity index (χ1n) is 5.71. The summed E-state index contributed by atoms with van der Waals surface area (Å²) in [5, 5.41) is 9.86. The summed E-state index contributed by atoms with van der Waals surface area (Å²) in [4.78, 5) is 0.279. The summed E-state index contributed by atoms with van der Waals surface area (Å²) in [7, 11) is -3.50. The highest BCUT2D eigenvalue weighted by atomic mass is 79.9. The maximum absolute atomic E-state index is 12.4. The van der Waals surface area contributed by atoms with Crippen LogP contribution < -0.4 is 0 Å². The highest BCUT2D eigenvalue weighted by Gasteiger charge is 2.38. The average molecular weight is 334 g/mol. The van der Waals surface area contributed by atoms with Crippen LogP contribution in [-0.2, 0) is 10.0 Å². The first kappa shape index (κ1) is 14.0. The maximum Gasteiger partial charge on any atom is 0.243 e. The molecule has 4 nitrogen and oxygen atoms in total. The Morgan fingerprint density at radius 2 is 2.11 bits per heavy atom. The van der Waals surface area contributed by atoms with Crippen molar-refractivity contribution in [3.8, 4) is 0 Å². The van der Waals surface area contributed by atoms with Crippen LogP contribution in [-0.4, -0.2) is 36.5 Å². The second kappa shape index (κ2) is 4.59. The monoisotopic (exact) mass is 333 g/mol. The summed E-state index contributed by atoms with van der Waals surface area (Å²) in [5.41, 5.74) is -0.0423. The number of rotatable bonds is 2. The third-order valence-corrected chi connectivity index (χ3v) is 5.91. The highest BCUT2D eigenvalue weighted by molar-refractivity contribution is 9.10. The fraction of sp³-hybridized carbons (Fsp3) is 0.500. The molecule has 1 aliphatic heterocycles. The van der Waals surface area contributed by atoms with Gasteiger partial charge in [0.1, 0.15) is 0 Å². The van der Waals surface area contributed by atoms with Gasteiger partial charge in [-0.25, -0.2) is 8.42 Å². The van der Waals surface area contributed by atoms with Gasteiger partial charge in [-0.15, -0.1) is 0 Å². The zero-order chi connectivity index (χ0) is 13.6. The predicted octanol–water partition coefficient (Wildman–Crippen LogP) is 1.90. The fourth-order valence-electron chi connectivity index (χ4n) is 2.04. The van der Waals surface area contributed by atoms with Crippen molar-refractivity contribution in [3.05, 3.63) is 28.2 Å². The van der Waals surface area contributed by atoms with Gasteiger partial charge in [0.25, 0.3) is 0 Å². The van der Waals surface area contributed by atoms with Crippen LogP contribution in [0.3, 0.4) is 0 Å². The van der Waals surface area contributed by atoms with E-state index in [0.717, 1.165) is 10.0 Å². The molecule has 1 aromatic rings. The van der Waals surface area contributed by atoms with Crippen molar-refractivity contribution in [1.29, 1.82) is 0 Å². The number of nitrogens with zero attached hydrogens (tertiary/aromatic N) is 1. The van der Waals surface area contributed by atoms with Crippen LogP contribution in [0.2, 0.25) is 0 Å². The molecular weight excluding hydrogens is 318 g/mol. The van der Waals surface area contributed by atoms with Crippen LogP contribution in [0, 0.1) is 6.92 Å². The molecule has 0 aromatic heterocycles. The minimum absolute atomic E-state index is 0.157. The number of halogens is 1. The van der Waals surface area contributed by atoms with E-state index in [1.165, 1.54) is 4.31 Å². The Labute approximate surface area is 116 Å². The quantitative estimate of drug-likeness (QED) is 0.899. The van der Waals surface area contributed by atoms with Gasteiger partial charge in [0.05, 0.1) is 10.5 Å². The van der Waals surface area contributed by atoms with Gasteiger partial charge in [0, 0.05) is 17.6 Å². The van der Waals surface area contributed by atoms with Crippen LogP contribution >= 0.6 is 15.9 Å². The lowest BCUT2D eigenvalue weighted by Gasteiger charge is -2.19. The average Bonchev–Trinajstić information content (AvgIpc) is 2.63. The van der Waals surface area contributed by atoms with E-state index < -0.39 is 15.6 Å². The van der Waals surface area contributed by atoms with Crippen molar-refractivity contribution < 1.29 is 13.5 Å². The number of aryl methyl sites for hydroxylation is 1. The number of benzene rings is 1. The second-order valence-corrected chi connectivity index (χ2v) is 7.79. The standard InChI is InChI=1S/C12H16BrNO3S/c1-9-7-10(3-4-11(9)13)18(16,17)14-6-5-12(2,15)8-14/h3-4,7,15H,5-6,8H2,1-2H3. The minimum atomic E-state index is -3.50. The van der Waals surface area contributed by atoms with Crippen LogP contribution in [0.5, 0.6) is 0 Å². The van der Waals surface area contributed by atoms with E-state index in [1.54, 1.807) is 25.1 Å². The fourth-order valence-corrected chi connectivity index (χ4v) is 3.93. The molecule has 0 aliphatic carbocycles. The van der Waals surface area contributed by atoms with Crippen molar-refractivity contribution in [2.45, 2.75) is 30.8 Å².